The van der Waals surface area contributed by atoms with Gasteiger partial charge in [-0.15, -0.1) is 0 Å². The number of nitrogens with zero attached hydrogens (tertiary/aromatic N) is 4. The maximum Gasteiger partial charge on any atom is 0.254 e. The topological polar surface area (TPSA) is 49.3 Å². The largest absolute Gasteiger partial charge is 0.354 e. The number of rotatable bonds is 2. The zero-order chi connectivity index (χ0) is 15.4. The minimum absolute atomic E-state index is 0.0735. The third-order valence-electron chi connectivity index (χ3n) is 3.75. The van der Waals surface area contributed by atoms with Crippen molar-refractivity contribution in [1.29, 1.82) is 0 Å². The number of carbonyl (C=O) groups excluding carboxylic acids is 1. The van der Waals surface area contributed by atoms with E-state index in [1.165, 1.54) is 0 Å². The van der Waals surface area contributed by atoms with Gasteiger partial charge in [0.1, 0.15) is 5.82 Å². The van der Waals surface area contributed by atoms with Crippen LogP contribution in [0.2, 0.25) is 0 Å². The number of carbonyl (C=O) groups is 1. The normalized spacial score (nSPS) is 15.5. The smallest absolute Gasteiger partial charge is 0.254 e. The van der Waals surface area contributed by atoms with Crippen molar-refractivity contribution in [3.05, 3.63) is 52.9 Å². The van der Waals surface area contributed by atoms with E-state index in [4.69, 9.17) is 0 Å². The van der Waals surface area contributed by atoms with E-state index < -0.39 is 0 Å². The van der Waals surface area contributed by atoms with Crippen LogP contribution in [0.15, 0.2) is 47.3 Å². The second kappa shape index (κ2) is 6.87. The van der Waals surface area contributed by atoms with Crippen LogP contribution in [0.1, 0.15) is 16.8 Å². The number of hydrogen-bond donors (Lipinski definition) is 0. The summed E-state index contributed by atoms with van der Waals surface area (Å²) in [6.07, 6.45) is 6.04. The van der Waals surface area contributed by atoms with Crippen LogP contribution < -0.4 is 4.90 Å². The van der Waals surface area contributed by atoms with Crippen molar-refractivity contribution in [3.8, 4) is 0 Å². The molecule has 2 aromatic rings. The fraction of sp³-hybridized carbons (Fsp3) is 0.312. The van der Waals surface area contributed by atoms with E-state index >= 15 is 0 Å². The molecular weight excluding hydrogens is 344 g/mol. The first kappa shape index (κ1) is 15.0. The molecule has 6 heteroatoms. The SMILES string of the molecule is O=C(c1ccncc1)N1CCCN(c2ncccc2Br)CC1. The van der Waals surface area contributed by atoms with Crippen molar-refractivity contribution >= 4 is 27.7 Å². The van der Waals surface area contributed by atoms with Crippen molar-refractivity contribution in [3.63, 3.8) is 0 Å². The minimum atomic E-state index is 0.0735. The molecule has 0 spiro atoms. The summed E-state index contributed by atoms with van der Waals surface area (Å²) in [4.78, 5) is 25.1. The summed E-state index contributed by atoms with van der Waals surface area (Å²) in [5, 5.41) is 0. The summed E-state index contributed by atoms with van der Waals surface area (Å²) in [7, 11) is 0. The van der Waals surface area contributed by atoms with Crippen LogP contribution >= 0.6 is 15.9 Å². The molecule has 0 N–H and O–H groups in total. The Labute approximate surface area is 138 Å². The quantitative estimate of drug-likeness (QED) is 0.825. The fourth-order valence-electron chi connectivity index (χ4n) is 2.62. The van der Waals surface area contributed by atoms with Gasteiger partial charge >= 0.3 is 0 Å². The molecule has 114 valence electrons. The number of hydrogen-bond acceptors (Lipinski definition) is 4. The highest BCUT2D eigenvalue weighted by Crippen LogP contribution is 2.24. The van der Waals surface area contributed by atoms with Crippen molar-refractivity contribution in [2.45, 2.75) is 6.42 Å². The molecule has 2 aromatic heterocycles. The number of aromatic nitrogens is 2. The highest BCUT2D eigenvalue weighted by atomic mass is 79.9. The molecule has 3 rings (SSSR count). The van der Waals surface area contributed by atoms with E-state index in [9.17, 15) is 4.79 Å². The molecule has 0 aliphatic carbocycles. The van der Waals surface area contributed by atoms with Gasteiger partial charge in [0.05, 0.1) is 4.47 Å². The van der Waals surface area contributed by atoms with E-state index in [-0.39, 0.29) is 5.91 Å². The van der Waals surface area contributed by atoms with Crippen molar-refractivity contribution < 1.29 is 4.79 Å². The van der Waals surface area contributed by atoms with Crippen LogP contribution in [0.5, 0.6) is 0 Å². The number of pyridine rings is 2. The maximum atomic E-state index is 12.5. The monoisotopic (exact) mass is 360 g/mol. The van der Waals surface area contributed by atoms with Gasteiger partial charge in [-0.2, -0.15) is 0 Å². The highest BCUT2D eigenvalue weighted by Gasteiger charge is 2.21. The summed E-state index contributed by atoms with van der Waals surface area (Å²) >= 11 is 3.55. The molecule has 0 saturated carbocycles. The average molecular weight is 361 g/mol. The molecule has 1 aliphatic rings. The van der Waals surface area contributed by atoms with Crippen LogP contribution in [-0.2, 0) is 0 Å². The lowest BCUT2D eigenvalue weighted by Crippen LogP contribution is -2.35. The number of halogens is 1. The summed E-state index contributed by atoms with van der Waals surface area (Å²) in [6, 6.07) is 7.43. The van der Waals surface area contributed by atoms with Crippen molar-refractivity contribution in [1.82, 2.24) is 14.9 Å². The molecule has 0 aromatic carbocycles. The lowest BCUT2D eigenvalue weighted by atomic mass is 10.2. The lowest BCUT2D eigenvalue weighted by molar-refractivity contribution is 0.0767. The zero-order valence-corrected chi connectivity index (χ0v) is 13.7. The van der Waals surface area contributed by atoms with Crippen LogP contribution in [0, 0.1) is 0 Å². The molecule has 3 heterocycles. The summed E-state index contributed by atoms with van der Waals surface area (Å²) in [5.74, 6) is 1.02. The third kappa shape index (κ3) is 3.27. The predicted molar refractivity (Wildman–Crippen MR) is 88.9 cm³/mol. The average Bonchev–Trinajstić information content (AvgIpc) is 2.81. The van der Waals surface area contributed by atoms with Crippen LogP contribution in [0.3, 0.4) is 0 Å². The Morgan fingerprint density at radius 3 is 2.64 bits per heavy atom. The van der Waals surface area contributed by atoms with Gasteiger partial charge in [-0.3, -0.25) is 9.78 Å². The van der Waals surface area contributed by atoms with Gasteiger partial charge in [-0.1, -0.05) is 0 Å². The van der Waals surface area contributed by atoms with Crippen LogP contribution in [0.25, 0.3) is 0 Å². The molecule has 0 atom stereocenters. The molecule has 0 radical (unpaired) electrons. The fourth-order valence-corrected chi connectivity index (χ4v) is 3.13. The van der Waals surface area contributed by atoms with Gasteiger partial charge in [-0.05, 0) is 46.6 Å². The third-order valence-corrected chi connectivity index (χ3v) is 4.37. The predicted octanol–water partition coefficient (Wildman–Crippen LogP) is 2.59. The number of anilines is 1. The molecule has 1 aliphatic heterocycles. The van der Waals surface area contributed by atoms with Crippen molar-refractivity contribution in [2.24, 2.45) is 0 Å². The Balaban J connectivity index is 1.70. The van der Waals surface area contributed by atoms with E-state index in [0.717, 1.165) is 36.3 Å². The zero-order valence-electron chi connectivity index (χ0n) is 12.2. The van der Waals surface area contributed by atoms with Crippen LogP contribution in [0.4, 0.5) is 5.82 Å². The standard InChI is InChI=1S/C16H17BrN4O/c17-14-3-1-6-19-15(14)20-9-2-10-21(12-11-20)16(22)13-4-7-18-8-5-13/h1,3-8H,2,9-12H2. The Hall–Kier alpha value is -1.95. The summed E-state index contributed by atoms with van der Waals surface area (Å²) < 4.78 is 0.990. The van der Waals surface area contributed by atoms with Gasteiger partial charge < -0.3 is 9.80 Å². The molecule has 1 fully saturated rings. The van der Waals surface area contributed by atoms with Gasteiger partial charge in [0.25, 0.3) is 5.91 Å². The first-order valence-corrected chi connectivity index (χ1v) is 8.10. The second-order valence-electron chi connectivity index (χ2n) is 5.18. The molecule has 5 nitrogen and oxygen atoms in total. The van der Waals surface area contributed by atoms with Gasteiger partial charge in [0.2, 0.25) is 0 Å². The Bertz CT molecular complexity index is 650. The first-order valence-electron chi connectivity index (χ1n) is 7.30. The number of amides is 1. The van der Waals surface area contributed by atoms with E-state index in [1.54, 1.807) is 30.7 Å². The summed E-state index contributed by atoms with van der Waals surface area (Å²) in [6.45, 7) is 3.15. The van der Waals surface area contributed by atoms with E-state index in [1.807, 2.05) is 17.0 Å². The van der Waals surface area contributed by atoms with E-state index in [0.29, 0.717) is 12.1 Å². The molecule has 1 amide bonds. The maximum absolute atomic E-state index is 12.5. The first-order chi connectivity index (χ1) is 10.8. The molecule has 22 heavy (non-hydrogen) atoms. The lowest BCUT2D eigenvalue weighted by Gasteiger charge is -2.23. The van der Waals surface area contributed by atoms with Gasteiger partial charge in [0, 0.05) is 50.3 Å². The van der Waals surface area contributed by atoms with Gasteiger partial charge in [0.15, 0.2) is 0 Å². The molecule has 1 saturated heterocycles. The molecule has 0 unspecified atom stereocenters. The molecular formula is C16H17BrN4O. The molecule has 0 bridgehead atoms. The Morgan fingerprint density at radius 1 is 1.05 bits per heavy atom. The Morgan fingerprint density at radius 2 is 1.86 bits per heavy atom. The minimum Gasteiger partial charge on any atom is -0.354 e. The van der Waals surface area contributed by atoms with E-state index in [2.05, 4.69) is 30.8 Å². The second-order valence-corrected chi connectivity index (χ2v) is 6.03. The Kier molecular flexibility index (Phi) is 4.68. The van der Waals surface area contributed by atoms with Gasteiger partial charge in [-0.25, -0.2) is 4.98 Å². The van der Waals surface area contributed by atoms with Crippen LogP contribution in [-0.4, -0.2) is 47.0 Å². The van der Waals surface area contributed by atoms with Crippen molar-refractivity contribution in [2.75, 3.05) is 31.1 Å². The summed E-state index contributed by atoms with van der Waals surface area (Å²) in [5.41, 5.74) is 0.697. The highest BCUT2D eigenvalue weighted by molar-refractivity contribution is 9.10.